The summed E-state index contributed by atoms with van der Waals surface area (Å²) < 4.78 is 5.55. The van der Waals surface area contributed by atoms with E-state index in [-0.39, 0.29) is 0 Å². The molecule has 0 aromatic heterocycles. The molecule has 2 rings (SSSR count). The van der Waals surface area contributed by atoms with E-state index in [1.165, 1.54) is 30.4 Å². The fourth-order valence-corrected chi connectivity index (χ4v) is 3.62. The Hall–Kier alpha value is -0.500. The van der Waals surface area contributed by atoms with Crippen LogP contribution < -0.4 is 4.74 Å². The van der Waals surface area contributed by atoms with E-state index in [2.05, 4.69) is 54.9 Å². The minimum absolute atomic E-state index is 0.401. The molecule has 1 aliphatic heterocycles. The number of hydrogen-bond acceptors (Lipinski definition) is 1. The molecule has 0 saturated heterocycles. The normalized spacial score (nSPS) is 16.2. The standard InChI is InChI=1S/C16H23BrO/c1-12(17)11-16(2,3)8-6-13-4-5-15-14(10-13)7-9-18-15/h4-5,10,12H,6-9,11H2,1-3H3. The van der Waals surface area contributed by atoms with Crippen molar-refractivity contribution in [3.8, 4) is 5.75 Å². The summed E-state index contributed by atoms with van der Waals surface area (Å²) in [6.07, 6.45) is 4.70. The fourth-order valence-electron chi connectivity index (χ4n) is 2.74. The molecule has 2 heteroatoms. The summed E-state index contributed by atoms with van der Waals surface area (Å²) in [6.45, 7) is 7.81. The topological polar surface area (TPSA) is 9.23 Å². The fraction of sp³-hybridized carbons (Fsp3) is 0.625. The molecule has 0 amide bonds. The van der Waals surface area contributed by atoms with Gasteiger partial charge in [-0.25, -0.2) is 0 Å². The number of benzene rings is 1. The van der Waals surface area contributed by atoms with Crippen molar-refractivity contribution < 1.29 is 4.74 Å². The highest BCUT2D eigenvalue weighted by Gasteiger charge is 2.20. The van der Waals surface area contributed by atoms with Gasteiger partial charge in [-0.05, 0) is 41.9 Å². The zero-order valence-electron chi connectivity index (χ0n) is 11.6. The van der Waals surface area contributed by atoms with E-state index < -0.39 is 0 Å². The first-order chi connectivity index (χ1) is 8.46. The first-order valence-corrected chi connectivity index (χ1v) is 7.76. The van der Waals surface area contributed by atoms with Gasteiger partial charge in [0, 0.05) is 11.2 Å². The summed E-state index contributed by atoms with van der Waals surface area (Å²) in [5.41, 5.74) is 3.24. The number of alkyl halides is 1. The quantitative estimate of drug-likeness (QED) is 0.713. The second kappa shape index (κ2) is 5.64. The molecular weight excluding hydrogens is 288 g/mol. The summed E-state index contributed by atoms with van der Waals surface area (Å²) in [5, 5.41) is 0. The lowest BCUT2D eigenvalue weighted by Crippen LogP contribution is -2.16. The summed E-state index contributed by atoms with van der Waals surface area (Å²) >= 11 is 3.66. The van der Waals surface area contributed by atoms with Crippen LogP contribution in [0.2, 0.25) is 0 Å². The minimum atomic E-state index is 0.401. The maximum Gasteiger partial charge on any atom is 0.122 e. The number of halogens is 1. The molecule has 1 heterocycles. The van der Waals surface area contributed by atoms with Crippen LogP contribution in [0.25, 0.3) is 0 Å². The van der Waals surface area contributed by atoms with Gasteiger partial charge in [0.1, 0.15) is 5.75 Å². The lowest BCUT2D eigenvalue weighted by atomic mass is 9.82. The van der Waals surface area contributed by atoms with Crippen molar-refractivity contribution in [1.29, 1.82) is 0 Å². The molecule has 0 aliphatic carbocycles. The Kier molecular flexibility index (Phi) is 4.37. The van der Waals surface area contributed by atoms with Crippen LogP contribution in [0.3, 0.4) is 0 Å². The largest absolute Gasteiger partial charge is 0.493 e. The van der Waals surface area contributed by atoms with Gasteiger partial charge in [-0.2, -0.15) is 0 Å². The Morgan fingerprint density at radius 3 is 2.89 bits per heavy atom. The molecule has 1 atom stereocenters. The Balaban J connectivity index is 1.94. The average Bonchev–Trinajstić information content (AvgIpc) is 2.71. The van der Waals surface area contributed by atoms with Crippen molar-refractivity contribution in [2.24, 2.45) is 5.41 Å². The van der Waals surface area contributed by atoms with Gasteiger partial charge in [0.2, 0.25) is 0 Å². The van der Waals surface area contributed by atoms with Crippen LogP contribution >= 0.6 is 15.9 Å². The van der Waals surface area contributed by atoms with Gasteiger partial charge in [0.25, 0.3) is 0 Å². The maximum atomic E-state index is 5.55. The van der Waals surface area contributed by atoms with E-state index in [1.807, 2.05) is 0 Å². The van der Waals surface area contributed by atoms with Gasteiger partial charge in [-0.1, -0.05) is 48.8 Å². The van der Waals surface area contributed by atoms with E-state index >= 15 is 0 Å². The van der Waals surface area contributed by atoms with Crippen LogP contribution in [-0.2, 0) is 12.8 Å². The third-order valence-electron chi connectivity index (χ3n) is 3.68. The molecule has 1 unspecified atom stereocenters. The molecule has 0 N–H and O–H groups in total. The van der Waals surface area contributed by atoms with Gasteiger partial charge in [0.15, 0.2) is 0 Å². The first kappa shape index (κ1) is 13.9. The van der Waals surface area contributed by atoms with Crippen molar-refractivity contribution in [2.75, 3.05) is 6.61 Å². The van der Waals surface area contributed by atoms with E-state index in [1.54, 1.807) is 0 Å². The number of rotatable bonds is 5. The van der Waals surface area contributed by atoms with Crippen LogP contribution in [0, 0.1) is 5.41 Å². The van der Waals surface area contributed by atoms with Crippen molar-refractivity contribution >= 4 is 15.9 Å². The Labute approximate surface area is 119 Å². The van der Waals surface area contributed by atoms with Gasteiger partial charge in [-0.3, -0.25) is 0 Å². The number of ether oxygens (including phenoxy) is 1. The van der Waals surface area contributed by atoms with E-state index in [0.29, 0.717) is 10.2 Å². The van der Waals surface area contributed by atoms with E-state index in [9.17, 15) is 0 Å². The first-order valence-electron chi connectivity index (χ1n) is 6.85. The molecule has 0 spiro atoms. The molecule has 0 bridgehead atoms. The smallest absolute Gasteiger partial charge is 0.122 e. The van der Waals surface area contributed by atoms with Gasteiger partial charge >= 0.3 is 0 Å². The average molecular weight is 311 g/mol. The summed E-state index contributed by atoms with van der Waals surface area (Å²) in [5.74, 6) is 1.09. The van der Waals surface area contributed by atoms with Crippen molar-refractivity contribution in [1.82, 2.24) is 0 Å². The van der Waals surface area contributed by atoms with Crippen LogP contribution in [-0.4, -0.2) is 11.4 Å². The monoisotopic (exact) mass is 310 g/mol. The number of hydrogen-bond donors (Lipinski definition) is 0. The Morgan fingerprint density at radius 2 is 2.17 bits per heavy atom. The maximum absolute atomic E-state index is 5.55. The molecule has 0 radical (unpaired) electrons. The third-order valence-corrected chi connectivity index (χ3v) is 4.00. The molecule has 1 aromatic rings. The Bertz CT molecular complexity index is 410. The van der Waals surface area contributed by atoms with Crippen LogP contribution in [0.1, 0.15) is 44.7 Å². The highest BCUT2D eigenvalue weighted by molar-refractivity contribution is 9.09. The summed E-state index contributed by atoms with van der Waals surface area (Å²) in [4.78, 5) is 0.598. The van der Waals surface area contributed by atoms with Crippen molar-refractivity contribution in [3.05, 3.63) is 29.3 Å². The lowest BCUT2D eigenvalue weighted by Gasteiger charge is -2.26. The SMILES string of the molecule is CC(Br)CC(C)(C)CCc1ccc2c(c1)CCO2. The lowest BCUT2D eigenvalue weighted by molar-refractivity contribution is 0.310. The van der Waals surface area contributed by atoms with E-state index in [0.717, 1.165) is 18.8 Å². The zero-order chi connectivity index (χ0) is 13.2. The molecular formula is C16H23BrO. The molecule has 1 aliphatic rings. The molecule has 1 nitrogen and oxygen atoms in total. The minimum Gasteiger partial charge on any atom is -0.493 e. The molecule has 18 heavy (non-hydrogen) atoms. The van der Waals surface area contributed by atoms with Gasteiger partial charge < -0.3 is 4.74 Å². The number of aryl methyl sites for hydroxylation is 1. The van der Waals surface area contributed by atoms with E-state index in [4.69, 9.17) is 4.74 Å². The predicted molar refractivity (Wildman–Crippen MR) is 80.7 cm³/mol. The zero-order valence-corrected chi connectivity index (χ0v) is 13.2. The second-order valence-electron chi connectivity index (χ2n) is 6.19. The molecule has 100 valence electrons. The molecule has 0 saturated carbocycles. The third kappa shape index (κ3) is 3.74. The predicted octanol–water partition coefficient (Wildman–Crippen LogP) is 4.75. The summed E-state index contributed by atoms with van der Waals surface area (Å²) in [6, 6.07) is 6.69. The summed E-state index contributed by atoms with van der Waals surface area (Å²) in [7, 11) is 0. The van der Waals surface area contributed by atoms with Gasteiger partial charge in [0.05, 0.1) is 6.61 Å². The highest BCUT2D eigenvalue weighted by Crippen LogP contribution is 2.32. The van der Waals surface area contributed by atoms with Crippen LogP contribution in [0.5, 0.6) is 5.75 Å². The van der Waals surface area contributed by atoms with Crippen molar-refractivity contribution in [2.45, 2.75) is 51.3 Å². The second-order valence-corrected chi connectivity index (χ2v) is 7.75. The van der Waals surface area contributed by atoms with Crippen LogP contribution in [0.4, 0.5) is 0 Å². The Morgan fingerprint density at radius 1 is 1.39 bits per heavy atom. The van der Waals surface area contributed by atoms with Crippen molar-refractivity contribution in [3.63, 3.8) is 0 Å². The highest BCUT2D eigenvalue weighted by atomic mass is 79.9. The van der Waals surface area contributed by atoms with Gasteiger partial charge in [-0.15, -0.1) is 0 Å². The molecule has 0 fully saturated rings. The molecule has 1 aromatic carbocycles. The number of fused-ring (bicyclic) bond motifs is 1. The van der Waals surface area contributed by atoms with Crippen LogP contribution in [0.15, 0.2) is 18.2 Å².